The fraction of sp³-hybridized carbons (Fsp3) is 0.692. The highest BCUT2D eigenvalue weighted by molar-refractivity contribution is 7.80. The Morgan fingerprint density at radius 1 is 0.969 bits per heavy atom. The minimum absolute atomic E-state index is 0.636. The third kappa shape index (κ3) is 5.45. The number of hydrogen-bond acceptors (Lipinski definition) is 5. The number of rotatable bonds is 6. The van der Waals surface area contributed by atoms with Gasteiger partial charge in [-0.15, -0.1) is 0 Å². The van der Waals surface area contributed by atoms with E-state index >= 15 is 0 Å². The Morgan fingerprint density at radius 3 is 2.50 bits per heavy atom. The summed E-state index contributed by atoms with van der Waals surface area (Å²) < 4.78 is 6.06. The quantitative estimate of drug-likeness (QED) is 0.534. The number of nitrogens with zero attached hydrogens (tertiary/aromatic N) is 3. The van der Waals surface area contributed by atoms with Crippen LogP contribution in [-0.4, -0.2) is 53.0 Å². The van der Waals surface area contributed by atoms with Crippen LogP contribution in [0, 0.1) is 11.8 Å². The lowest BCUT2D eigenvalue weighted by Crippen LogP contribution is -2.47. The lowest BCUT2D eigenvalue weighted by atomic mass is 9.83. The van der Waals surface area contributed by atoms with Crippen LogP contribution in [0.25, 0.3) is 10.1 Å². The number of nitrogens with one attached hydrogen (secondary N) is 1. The number of aromatic nitrogens is 1. The van der Waals surface area contributed by atoms with Gasteiger partial charge in [0.05, 0.1) is 9.69 Å². The molecule has 0 atom stereocenters. The normalized spacial score (nSPS) is 25.8. The van der Waals surface area contributed by atoms with E-state index in [9.17, 15) is 0 Å². The fourth-order valence-electron chi connectivity index (χ4n) is 5.93. The molecule has 4 nitrogen and oxygen atoms in total. The van der Waals surface area contributed by atoms with Crippen molar-refractivity contribution in [1.82, 2.24) is 14.6 Å². The number of benzene rings is 1. The van der Waals surface area contributed by atoms with Crippen molar-refractivity contribution in [2.24, 2.45) is 11.8 Å². The van der Waals surface area contributed by atoms with E-state index in [4.69, 9.17) is 16.6 Å². The van der Waals surface area contributed by atoms with Gasteiger partial charge in [0.25, 0.3) is 0 Å². The van der Waals surface area contributed by atoms with Crippen LogP contribution in [0.1, 0.15) is 64.2 Å². The van der Waals surface area contributed by atoms with Gasteiger partial charge in [-0.3, -0.25) is 4.90 Å². The molecular weight excluding hydrogens is 432 g/mol. The van der Waals surface area contributed by atoms with E-state index in [1.807, 2.05) is 0 Å². The second-order valence-electron chi connectivity index (χ2n) is 10.2. The molecule has 32 heavy (non-hydrogen) atoms. The van der Waals surface area contributed by atoms with E-state index < -0.39 is 0 Å². The third-order valence-electron chi connectivity index (χ3n) is 8.05. The van der Waals surface area contributed by atoms with Gasteiger partial charge in [-0.2, -0.15) is 4.37 Å². The first-order valence-corrected chi connectivity index (χ1v) is 14.1. The molecule has 1 aromatic heterocycles. The zero-order valence-electron chi connectivity index (χ0n) is 19.3. The molecule has 1 saturated heterocycles. The molecule has 1 aromatic carbocycles. The minimum atomic E-state index is 0.636. The standard InChI is InChI=1S/C26H38N4S2/c31-26(21-6-2-1-3-7-21)27-22-12-10-20(11-13-22)14-15-29-16-18-30(19-17-29)25-23-8-4-5-9-24(23)32-28-25/h4-5,8-9,20-22H,1-3,6-7,10-19H2,(H,27,31). The molecule has 174 valence electrons. The Kier molecular flexibility index (Phi) is 7.60. The van der Waals surface area contributed by atoms with Crippen LogP contribution >= 0.6 is 23.8 Å². The van der Waals surface area contributed by atoms with Crippen molar-refractivity contribution in [2.45, 2.75) is 70.3 Å². The molecule has 3 fully saturated rings. The highest BCUT2D eigenvalue weighted by Gasteiger charge is 2.26. The summed E-state index contributed by atoms with van der Waals surface area (Å²) in [5.41, 5.74) is 0. The van der Waals surface area contributed by atoms with Gasteiger partial charge in [0.15, 0.2) is 0 Å². The largest absolute Gasteiger partial charge is 0.377 e. The van der Waals surface area contributed by atoms with Gasteiger partial charge in [-0.1, -0.05) is 43.6 Å². The van der Waals surface area contributed by atoms with E-state index in [0.29, 0.717) is 12.0 Å². The van der Waals surface area contributed by atoms with Gasteiger partial charge in [-0.25, -0.2) is 0 Å². The van der Waals surface area contributed by atoms with Crippen LogP contribution in [0.3, 0.4) is 0 Å². The molecule has 6 heteroatoms. The Morgan fingerprint density at radius 2 is 1.72 bits per heavy atom. The van der Waals surface area contributed by atoms with Gasteiger partial charge in [0, 0.05) is 43.5 Å². The summed E-state index contributed by atoms with van der Waals surface area (Å²) in [5, 5.41) is 5.07. The van der Waals surface area contributed by atoms with Crippen molar-refractivity contribution < 1.29 is 0 Å². The van der Waals surface area contributed by atoms with E-state index in [2.05, 4.69) is 39.4 Å². The Bertz CT molecular complexity index is 875. The molecular formula is C26H38N4S2. The molecule has 0 radical (unpaired) electrons. The lowest BCUT2D eigenvalue weighted by Gasteiger charge is -2.37. The monoisotopic (exact) mass is 470 g/mol. The van der Waals surface area contributed by atoms with Gasteiger partial charge in [0.1, 0.15) is 5.82 Å². The first-order chi connectivity index (χ1) is 15.8. The molecule has 0 amide bonds. The summed E-state index contributed by atoms with van der Waals surface area (Å²) >= 11 is 7.39. The van der Waals surface area contributed by atoms with Crippen LogP contribution in [0.15, 0.2) is 24.3 Å². The van der Waals surface area contributed by atoms with Crippen molar-refractivity contribution in [2.75, 3.05) is 37.6 Å². The van der Waals surface area contributed by atoms with Gasteiger partial charge < -0.3 is 10.2 Å². The Balaban J connectivity index is 1.01. The van der Waals surface area contributed by atoms with Crippen LogP contribution in [-0.2, 0) is 0 Å². The van der Waals surface area contributed by atoms with Crippen LogP contribution in [0.5, 0.6) is 0 Å². The lowest BCUT2D eigenvalue weighted by molar-refractivity contribution is 0.214. The molecule has 0 spiro atoms. The summed E-state index contributed by atoms with van der Waals surface area (Å²) in [6, 6.07) is 9.27. The van der Waals surface area contributed by atoms with E-state index in [0.717, 1.165) is 19.0 Å². The van der Waals surface area contributed by atoms with Gasteiger partial charge in [0.2, 0.25) is 0 Å². The molecule has 0 bridgehead atoms. The van der Waals surface area contributed by atoms with E-state index in [-0.39, 0.29) is 0 Å². The van der Waals surface area contributed by atoms with Crippen molar-refractivity contribution in [1.29, 1.82) is 0 Å². The highest BCUT2D eigenvalue weighted by Crippen LogP contribution is 2.31. The second-order valence-corrected chi connectivity index (χ2v) is 11.4. The number of anilines is 1. The molecule has 1 N–H and O–H groups in total. The van der Waals surface area contributed by atoms with Crippen molar-refractivity contribution in [3.63, 3.8) is 0 Å². The molecule has 3 aliphatic rings. The summed E-state index contributed by atoms with van der Waals surface area (Å²) in [5.74, 6) is 2.76. The number of thiocarbonyl (C=S) groups is 1. The maximum Gasteiger partial charge on any atom is 0.150 e. The maximum absolute atomic E-state index is 5.76. The predicted molar refractivity (Wildman–Crippen MR) is 141 cm³/mol. The zero-order chi connectivity index (χ0) is 21.8. The number of piperazine rings is 1. The molecule has 0 unspecified atom stereocenters. The smallest absolute Gasteiger partial charge is 0.150 e. The average Bonchev–Trinajstić information content (AvgIpc) is 3.29. The molecule has 5 rings (SSSR count). The molecule has 1 aliphatic heterocycles. The third-order valence-corrected chi connectivity index (χ3v) is 9.32. The second kappa shape index (κ2) is 10.8. The molecule has 2 aromatic rings. The fourth-order valence-corrected chi connectivity index (χ4v) is 7.13. The summed E-state index contributed by atoms with van der Waals surface area (Å²) in [6.45, 7) is 5.79. The van der Waals surface area contributed by atoms with Crippen molar-refractivity contribution in [3.8, 4) is 0 Å². The number of hydrogen-bond donors (Lipinski definition) is 1. The first kappa shape index (κ1) is 22.5. The summed E-state index contributed by atoms with van der Waals surface area (Å²) in [7, 11) is 0. The maximum atomic E-state index is 5.76. The van der Waals surface area contributed by atoms with Gasteiger partial charge in [-0.05, 0) is 81.1 Å². The van der Waals surface area contributed by atoms with Gasteiger partial charge >= 0.3 is 0 Å². The highest BCUT2D eigenvalue weighted by atomic mass is 32.1. The van der Waals surface area contributed by atoms with Crippen molar-refractivity contribution >= 4 is 44.6 Å². The Labute approximate surface area is 202 Å². The Hall–Kier alpha value is -1.24. The molecule has 2 saturated carbocycles. The zero-order valence-corrected chi connectivity index (χ0v) is 20.9. The predicted octanol–water partition coefficient (Wildman–Crippen LogP) is 5.86. The minimum Gasteiger partial charge on any atom is -0.377 e. The number of fused-ring (bicyclic) bond motifs is 1. The van der Waals surface area contributed by atoms with Crippen LogP contribution in [0.4, 0.5) is 5.82 Å². The topological polar surface area (TPSA) is 31.4 Å². The van der Waals surface area contributed by atoms with Crippen LogP contribution in [0.2, 0.25) is 0 Å². The summed E-state index contributed by atoms with van der Waals surface area (Å²) in [6.07, 6.45) is 13.5. The van der Waals surface area contributed by atoms with Crippen LogP contribution < -0.4 is 10.2 Å². The summed E-state index contributed by atoms with van der Waals surface area (Å²) in [4.78, 5) is 6.34. The molecule has 2 aliphatic carbocycles. The molecule has 2 heterocycles. The average molecular weight is 471 g/mol. The van der Waals surface area contributed by atoms with Crippen molar-refractivity contribution in [3.05, 3.63) is 24.3 Å². The SMILES string of the molecule is S=C(NC1CCC(CCN2CCN(c3nsc4ccccc34)CC2)CC1)C1CCCCC1. The van der Waals surface area contributed by atoms with E-state index in [1.165, 1.54) is 105 Å². The van der Waals surface area contributed by atoms with E-state index in [1.54, 1.807) is 11.5 Å². The first-order valence-electron chi connectivity index (χ1n) is 12.9.